The van der Waals surface area contributed by atoms with Crippen LogP contribution in [0.1, 0.15) is 36.6 Å². The van der Waals surface area contributed by atoms with Crippen molar-refractivity contribution in [2.45, 2.75) is 38.8 Å². The van der Waals surface area contributed by atoms with Crippen molar-refractivity contribution in [2.24, 2.45) is 0 Å². The van der Waals surface area contributed by atoms with Gasteiger partial charge in [-0.3, -0.25) is 9.89 Å². The third kappa shape index (κ3) is 2.97. The Morgan fingerprint density at radius 1 is 1.33 bits per heavy atom. The zero-order valence-corrected chi connectivity index (χ0v) is 12.3. The van der Waals surface area contributed by atoms with Crippen LogP contribution in [0.15, 0.2) is 30.3 Å². The predicted molar refractivity (Wildman–Crippen MR) is 82.1 cm³/mol. The van der Waals surface area contributed by atoms with Gasteiger partial charge in [0.2, 0.25) is 5.91 Å². The molecule has 3 N–H and O–H groups in total. The molecule has 2 heterocycles. The number of hydrogen-bond donors (Lipinski definition) is 3. The number of carbonyl (C=O) groups is 1. The van der Waals surface area contributed by atoms with Crippen molar-refractivity contribution >= 4 is 11.7 Å². The van der Waals surface area contributed by atoms with E-state index < -0.39 is 0 Å². The van der Waals surface area contributed by atoms with E-state index in [-0.39, 0.29) is 11.9 Å². The van der Waals surface area contributed by atoms with E-state index in [0.717, 1.165) is 12.2 Å². The van der Waals surface area contributed by atoms with Crippen LogP contribution in [0.25, 0.3) is 0 Å². The first-order valence-corrected chi connectivity index (χ1v) is 7.30. The summed E-state index contributed by atoms with van der Waals surface area (Å²) in [6, 6.07) is 9.90. The molecule has 3 rings (SSSR count). The van der Waals surface area contributed by atoms with Crippen LogP contribution in [0.3, 0.4) is 0 Å². The standard InChI is InChI=1S/C16H20N4O/c1-10(2)13-8-15(20-19-13)18-16(21)14-7-11-5-3-4-6-12(11)9-17-14/h3-6,8,10,14,17H,7,9H2,1-2H3,(H2,18,19,20,21). The number of benzene rings is 1. The van der Waals surface area contributed by atoms with E-state index in [1.54, 1.807) is 0 Å². The van der Waals surface area contributed by atoms with Crippen molar-refractivity contribution in [1.29, 1.82) is 0 Å². The molecule has 0 aliphatic carbocycles. The fourth-order valence-electron chi connectivity index (χ4n) is 2.55. The van der Waals surface area contributed by atoms with Gasteiger partial charge in [0, 0.05) is 18.3 Å². The molecule has 1 aliphatic heterocycles. The highest BCUT2D eigenvalue weighted by Gasteiger charge is 2.24. The van der Waals surface area contributed by atoms with Crippen molar-refractivity contribution in [3.8, 4) is 0 Å². The second-order valence-corrected chi connectivity index (χ2v) is 5.76. The molecule has 0 bridgehead atoms. The van der Waals surface area contributed by atoms with Crippen molar-refractivity contribution in [3.63, 3.8) is 0 Å². The molecule has 1 aliphatic rings. The number of fused-ring (bicyclic) bond motifs is 1. The number of nitrogens with zero attached hydrogens (tertiary/aromatic N) is 1. The number of aromatic nitrogens is 2. The molecule has 0 fully saturated rings. The van der Waals surface area contributed by atoms with Gasteiger partial charge in [-0.15, -0.1) is 0 Å². The highest BCUT2D eigenvalue weighted by Crippen LogP contribution is 2.18. The van der Waals surface area contributed by atoms with Crippen molar-refractivity contribution in [3.05, 3.63) is 47.2 Å². The highest BCUT2D eigenvalue weighted by molar-refractivity contribution is 5.94. The second-order valence-electron chi connectivity index (χ2n) is 5.76. The zero-order valence-electron chi connectivity index (χ0n) is 12.3. The number of H-pyrrole nitrogens is 1. The van der Waals surface area contributed by atoms with Gasteiger partial charge in [-0.1, -0.05) is 38.1 Å². The molecule has 2 aromatic rings. The minimum atomic E-state index is -0.209. The van der Waals surface area contributed by atoms with Crippen LogP contribution < -0.4 is 10.6 Å². The van der Waals surface area contributed by atoms with Crippen LogP contribution >= 0.6 is 0 Å². The Kier molecular flexibility index (Phi) is 3.75. The van der Waals surface area contributed by atoms with Gasteiger partial charge in [-0.25, -0.2) is 0 Å². The van der Waals surface area contributed by atoms with E-state index >= 15 is 0 Å². The Hall–Kier alpha value is -2.14. The number of nitrogens with one attached hydrogen (secondary N) is 3. The summed E-state index contributed by atoms with van der Waals surface area (Å²) in [6.45, 7) is 4.89. The number of aromatic amines is 1. The molecule has 1 unspecified atom stereocenters. The Morgan fingerprint density at radius 2 is 2.10 bits per heavy atom. The molecule has 0 saturated carbocycles. The maximum Gasteiger partial charge on any atom is 0.243 e. The topological polar surface area (TPSA) is 69.8 Å². The van der Waals surface area contributed by atoms with E-state index in [2.05, 4.69) is 46.8 Å². The minimum Gasteiger partial charge on any atom is -0.308 e. The SMILES string of the molecule is CC(C)c1cc(NC(=O)C2Cc3ccccc3CN2)n[nH]1. The Morgan fingerprint density at radius 3 is 2.81 bits per heavy atom. The van der Waals surface area contributed by atoms with E-state index in [9.17, 15) is 4.79 Å². The van der Waals surface area contributed by atoms with Crippen molar-refractivity contribution in [2.75, 3.05) is 5.32 Å². The lowest BCUT2D eigenvalue weighted by atomic mass is 9.95. The lowest BCUT2D eigenvalue weighted by Crippen LogP contribution is -2.44. The third-order valence-corrected chi connectivity index (χ3v) is 3.87. The smallest absolute Gasteiger partial charge is 0.243 e. The monoisotopic (exact) mass is 284 g/mol. The maximum atomic E-state index is 12.3. The van der Waals surface area contributed by atoms with Crippen molar-refractivity contribution in [1.82, 2.24) is 15.5 Å². The maximum absolute atomic E-state index is 12.3. The number of amides is 1. The Bertz CT molecular complexity index is 647. The normalized spacial score (nSPS) is 17.6. The van der Waals surface area contributed by atoms with Gasteiger partial charge < -0.3 is 10.6 Å². The van der Waals surface area contributed by atoms with Gasteiger partial charge in [0.25, 0.3) is 0 Å². The molecular formula is C16H20N4O. The summed E-state index contributed by atoms with van der Waals surface area (Å²) in [5.41, 5.74) is 3.52. The van der Waals surface area contributed by atoms with E-state index in [0.29, 0.717) is 18.2 Å². The molecular weight excluding hydrogens is 264 g/mol. The average Bonchev–Trinajstić information content (AvgIpc) is 2.95. The van der Waals surface area contributed by atoms with E-state index in [1.165, 1.54) is 11.1 Å². The van der Waals surface area contributed by atoms with Crippen molar-refractivity contribution < 1.29 is 4.79 Å². The fraction of sp³-hybridized carbons (Fsp3) is 0.375. The lowest BCUT2D eigenvalue weighted by molar-refractivity contribution is -0.118. The molecule has 5 nitrogen and oxygen atoms in total. The summed E-state index contributed by atoms with van der Waals surface area (Å²) in [5.74, 6) is 0.915. The predicted octanol–water partition coefficient (Wildman–Crippen LogP) is 2.19. The average molecular weight is 284 g/mol. The van der Waals surface area contributed by atoms with Gasteiger partial charge in [0.15, 0.2) is 5.82 Å². The molecule has 0 saturated heterocycles. The Labute approximate surface area is 124 Å². The summed E-state index contributed by atoms with van der Waals surface area (Å²) in [4.78, 5) is 12.3. The summed E-state index contributed by atoms with van der Waals surface area (Å²) in [6.07, 6.45) is 0.712. The van der Waals surface area contributed by atoms with Crippen LogP contribution in [0.4, 0.5) is 5.82 Å². The van der Waals surface area contributed by atoms with E-state index in [4.69, 9.17) is 0 Å². The largest absolute Gasteiger partial charge is 0.308 e. The van der Waals surface area contributed by atoms with Crippen LogP contribution in [0, 0.1) is 0 Å². The zero-order chi connectivity index (χ0) is 14.8. The first-order chi connectivity index (χ1) is 10.1. The van der Waals surface area contributed by atoms with Gasteiger partial charge in [0.05, 0.1) is 6.04 Å². The molecule has 0 radical (unpaired) electrons. The summed E-state index contributed by atoms with van der Waals surface area (Å²) < 4.78 is 0. The molecule has 0 spiro atoms. The Balaban J connectivity index is 1.66. The lowest BCUT2D eigenvalue weighted by Gasteiger charge is -2.24. The molecule has 1 aromatic carbocycles. The van der Waals surface area contributed by atoms with Gasteiger partial charge >= 0.3 is 0 Å². The summed E-state index contributed by atoms with van der Waals surface area (Å²) in [7, 11) is 0. The van der Waals surface area contributed by atoms with E-state index in [1.807, 2.05) is 18.2 Å². The first-order valence-electron chi connectivity index (χ1n) is 7.30. The highest BCUT2D eigenvalue weighted by atomic mass is 16.2. The first kappa shape index (κ1) is 13.8. The molecule has 5 heteroatoms. The van der Waals surface area contributed by atoms with Crippen LogP contribution in [-0.2, 0) is 17.8 Å². The molecule has 1 amide bonds. The summed E-state index contributed by atoms with van der Waals surface area (Å²) >= 11 is 0. The van der Waals surface area contributed by atoms with Crippen LogP contribution in [0.5, 0.6) is 0 Å². The quantitative estimate of drug-likeness (QED) is 0.809. The number of hydrogen-bond acceptors (Lipinski definition) is 3. The third-order valence-electron chi connectivity index (χ3n) is 3.87. The number of carbonyl (C=O) groups excluding carboxylic acids is 1. The molecule has 110 valence electrons. The minimum absolute atomic E-state index is 0.0358. The molecule has 21 heavy (non-hydrogen) atoms. The van der Waals surface area contributed by atoms with Gasteiger partial charge in [0.1, 0.15) is 0 Å². The second kappa shape index (κ2) is 5.69. The molecule has 1 atom stereocenters. The van der Waals surface area contributed by atoms with Crippen LogP contribution in [0.2, 0.25) is 0 Å². The van der Waals surface area contributed by atoms with Gasteiger partial charge in [-0.2, -0.15) is 5.10 Å². The fourth-order valence-corrected chi connectivity index (χ4v) is 2.55. The number of rotatable bonds is 3. The molecule has 1 aromatic heterocycles. The van der Waals surface area contributed by atoms with Gasteiger partial charge in [-0.05, 0) is 23.5 Å². The number of anilines is 1. The summed E-state index contributed by atoms with van der Waals surface area (Å²) in [5, 5.41) is 13.2. The van der Waals surface area contributed by atoms with Crippen LogP contribution in [-0.4, -0.2) is 22.1 Å².